The molecule has 0 radical (unpaired) electrons. The number of primary amides is 1. The molecule has 0 aromatic heterocycles. The molecule has 2 N–H and O–H groups in total. The van der Waals surface area contributed by atoms with Gasteiger partial charge in [0.25, 0.3) is 0 Å². The van der Waals surface area contributed by atoms with Gasteiger partial charge in [-0.05, 0) is 24.5 Å². The Morgan fingerprint density at radius 2 is 0.789 bits per heavy atom. The predicted molar refractivity (Wildman–Crippen MR) is 35.6 cm³/mol. The summed E-state index contributed by atoms with van der Waals surface area (Å²) in [7, 11) is 0. The largest absolute Gasteiger partial charge is 3.00 e. The molecule has 0 aliphatic carbocycles. The van der Waals surface area contributed by atoms with Gasteiger partial charge in [-0.1, -0.05) is 6.58 Å². The van der Waals surface area contributed by atoms with Crippen molar-refractivity contribution >= 4 is 24.4 Å². The Balaban J connectivity index is -0.0000000288. The Labute approximate surface area is 162 Å². The fourth-order valence-electron chi connectivity index (χ4n) is 0. The smallest absolute Gasteiger partial charge is 0.652 e. The first-order valence-electron chi connectivity index (χ1n) is 3.03. The molecule has 0 saturated carbocycles. The van der Waals surface area contributed by atoms with E-state index in [1.165, 1.54) is 0 Å². The molecule has 0 aromatic carbocycles. The van der Waals surface area contributed by atoms with E-state index in [1.807, 2.05) is 0 Å². The van der Waals surface area contributed by atoms with Crippen molar-refractivity contribution in [1.82, 2.24) is 0 Å². The van der Waals surface area contributed by atoms with Crippen molar-refractivity contribution in [3.63, 3.8) is 0 Å². The van der Waals surface area contributed by atoms with Gasteiger partial charge in [0, 0.05) is 0 Å². The van der Waals surface area contributed by atoms with Gasteiger partial charge in [0.1, 0.15) is 0 Å². The number of amides is 1. The Bertz CT molecular complexity index is 228. The van der Waals surface area contributed by atoms with Gasteiger partial charge in [-0.25, -0.2) is 0 Å². The molecule has 13 heteroatoms. The summed E-state index contributed by atoms with van der Waals surface area (Å²) in [5.41, 5.74) is 4.53. The maximum Gasteiger partial charge on any atom is 3.00 e. The molecule has 0 atom stereocenters. The van der Waals surface area contributed by atoms with Crippen LogP contribution in [-0.4, -0.2) is 24.4 Å². The molecular formula is C6H5La2NO10. The average Bonchev–Trinajstić information content (AvgIpc) is 2.00. The van der Waals surface area contributed by atoms with E-state index in [1.54, 1.807) is 0 Å². The minimum absolute atomic E-state index is 0. The first kappa shape index (κ1) is 36.2. The van der Waals surface area contributed by atoms with Crippen molar-refractivity contribution in [1.29, 1.82) is 0 Å². The summed E-state index contributed by atoms with van der Waals surface area (Å²) >= 11 is 0. The molecule has 0 fully saturated rings. The molecule has 0 saturated heterocycles. The maximum absolute atomic E-state index is 9.47. The second-order valence-electron chi connectivity index (χ2n) is 1.36. The van der Waals surface area contributed by atoms with Crippen LogP contribution in [0.3, 0.4) is 0 Å². The van der Waals surface area contributed by atoms with Crippen LogP contribution in [0, 0.1) is 71.2 Å². The van der Waals surface area contributed by atoms with Gasteiger partial charge in [-0.3, -0.25) is 4.79 Å². The van der Waals surface area contributed by atoms with Crippen LogP contribution in [0.5, 0.6) is 0 Å². The van der Waals surface area contributed by atoms with Crippen molar-refractivity contribution < 1.29 is 121 Å². The zero-order valence-corrected chi connectivity index (χ0v) is 16.4. The number of carbonyl (C=O) groups excluding carboxylic acids is 4. The zero-order valence-electron chi connectivity index (χ0n) is 9.10. The summed E-state index contributed by atoms with van der Waals surface area (Å²) in [5.74, 6) is -0.481. The summed E-state index contributed by atoms with van der Waals surface area (Å²) < 4.78 is 0. The second-order valence-corrected chi connectivity index (χ2v) is 1.36. The molecule has 0 rings (SSSR count). The molecule has 0 aromatic rings. The van der Waals surface area contributed by atoms with E-state index in [-0.39, 0.29) is 71.2 Å². The van der Waals surface area contributed by atoms with Crippen LogP contribution in [0.4, 0.5) is 14.4 Å². The number of hydrogen-bond acceptors (Lipinski definition) is 10. The standard InChI is InChI=1S/C3H5NO.3CH2O3.2La/c1-2-3(4)5;3*2-1(3)4;;/h2H,1H2,(H2,4,5);3*(H2,2,3,4);;/q;;;;2*+3/p-6. The first-order chi connectivity index (χ1) is 7.47. The SMILES string of the molecule is C=CC(N)=O.O=C([O-])[O-].O=C([O-])[O-].O=C([O-])[O-].[La+3].[La+3]. The summed E-state index contributed by atoms with van der Waals surface area (Å²) in [5, 5.41) is 50.0. The Hall–Kier alpha value is -0.590. The van der Waals surface area contributed by atoms with Crippen LogP contribution in [0.2, 0.25) is 0 Å². The Morgan fingerprint density at radius 1 is 0.737 bits per heavy atom. The maximum atomic E-state index is 9.47. The third-order valence-corrected chi connectivity index (χ3v) is 0.201. The number of carbonyl (C=O) groups is 4. The van der Waals surface area contributed by atoms with Gasteiger partial charge in [-0.15, -0.1) is 0 Å². The molecule has 0 aliphatic heterocycles. The monoisotopic (exact) mass is 529 g/mol. The van der Waals surface area contributed by atoms with E-state index in [2.05, 4.69) is 12.3 Å². The minimum atomic E-state index is -2.33. The molecule has 0 heterocycles. The summed E-state index contributed by atoms with van der Waals surface area (Å²) in [6, 6.07) is 0. The molecule has 0 aliphatic rings. The first-order valence-corrected chi connectivity index (χ1v) is 3.03. The van der Waals surface area contributed by atoms with Gasteiger partial charge in [-0.2, -0.15) is 0 Å². The molecule has 0 spiro atoms. The van der Waals surface area contributed by atoms with E-state index in [0.29, 0.717) is 0 Å². The third-order valence-electron chi connectivity index (χ3n) is 0.201. The van der Waals surface area contributed by atoms with Crippen LogP contribution in [0.15, 0.2) is 12.7 Å². The molecule has 19 heavy (non-hydrogen) atoms. The van der Waals surface area contributed by atoms with Crippen LogP contribution in [-0.2, 0) is 4.79 Å². The third kappa shape index (κ3) is 2080. The van der Waals surface area contributed by atoms with Gasteiger partial charge < -0.3 is 50.8 Å². The molecule has 100 valence electrons. The van der Waals surface area contributed by atoms with Crippen molar-refractivity contribution in [3.05, 3.63) is 12.7 Å². The molecule has 0 unspecified atom stereocenters. The topological polar surface area (TPSA) is 233 Å². The molecule has 1 amide bonds. The van der Waals surface area contributed by atoms with E-state index >= 15 is 0 Å². The van der Waals surface area contributed by atoms with E-state index in [0.717, 1.165) is 6.08 Å². The van der Waals surface area contributed by atoms with E-state index in [4.69, 9.17) is 45.0 Å². The Morgan fingerprint density at radius 3 is 0.789 bits per heavy atom. The average molecular weight is 529 g/mol. The fraction of sp³-hybridized carbons (Fsp3) is 0. The van der Waals surface area contributed by atoms with Crippen molar-refractivity contribution in [3.8, 4) is 0 Å². The summed E-state index contributed by atoms with van der Waals surface area (Å²) in [4.78, 5) is 34.5. The second kappa shape index (κ2) is 30.4. The van der Waals surface area contributed by atoms with Crippen molar-refractivity contribution in [2.75, 3.05) is 0 Å². The fourth-order valence-corrected chi connectivity index (χ4v) is 0. The zero-order chi connectivity index (χ0) is 15.0. The number of hydrogen-bond donors (Lipinski definition) is 1. The van der Waals surface area contributed by atoms with Gasteiger partial charge in [0.05, 0.1) is 0 Å². The van der Waals surface area contributed by atoms with Crippen LogP contribution < -0.4 is 36.4 Å². The van der Waals surface area contributed by atoms with Gasteiger partial charge >= 0.3 is 71.2 Å². The number of rotatable bonds is 1. The summed E-state index contributed by atoms with van der Waals surface area (Å²) in [6.07, 6.45) is -5.94. The molecular weight excluding hydrogens is 524 g/mol. The number of nitrogens with two attached hydrogens (primary N) is 1. The Kier molecular flexibility index (Phi) is 58.1. The van der Waals surface area contributed by atoms with Crippen molar-refractivity contribution in [2.45, 2.75) is 0 Å². The van der Waals surface area contributed by atoms with Crippen LogP contribution >= 0.6 is 0 Å². The summed E-state index contributed by atoms with van der Waals surface area (Å²) in [6.45, 7) is 3.09. The van der Waals surface area contributed by atoms with Crippen LogP contribution in [0.1, 0.15) is 0 Å². The van der Waals surface area contributed by atoms with Crippen molar-refractivity contribution in [2.24, 2.45) is 5.73 Å². The van der Waals surface area contributed by atoms with E-state index < -0.39 is 24.4 Å². The molecule has 11 nitrogen and oxygen atoms in total. The van der Waals surface area contributed by atoms with Crippen LogP contribution in [0.25, 0.3) is 0 Å². The van der Waals surface area contributed by atoms with Gasteiger partial charge in [0.2, 0.25) is 5.91 Å². The quantitative estimate of drug-likeness (QED) is 0.315. The number of carboxylic acid groups (broad SMARTS) is 6. The normalized spacial score (nSPS) is 5.47. The molecule has 0 bridgehead atoms. The minimum Gasteiger partial charge on any atom is -0.652 e. The van der Waals surface area contributed by atoms with Gasteiger partial charge in [0.15, 0.2) is 0 Å². The van der Waals surface area contributed by atoms with E-state index in [9.17, 15) is 4.79 Å². The predicted octanol–water partition coefficient (Wildman–Crippen LogP) is -7.68.